The molecule has 1 aromatic carbocycles. The summed E-state index contributed by atoms with van der Waals surface area (Å²) in [5.41, 5.74) is 5.86. The van der Waals surface area contributed by atoms with Crippen molar-refractivity contribution < 1.29 is 14.3 Å². The summed E-state index contributed by atoms with van der Waals surface area (Å²) in [5.74, 6) is -0.496. The van der Waals surface area contributed by atoms with Crippen LogP contribution in [0.25, 0.3) is 0 Å². The van der Waals surface area contributed by atoms with Gasteiger partial charge >= 0.3 is 0 Å². The monoisotopic (exact) mass is 303 g/mol. The second-order valence-electron chi connectivity index (χ2n) is 4.43. The van der Waals surface area contributed by atoms with Gasteiger partial charge in [-0.1, -0.05) is 11.6 Å². The summed E-state index contributed by atoms with van der Waals surface area (Å²) in [7, 11) is 0. The number of hydrogen-bond donors (Lipinski definition) is 1. The molecule has 0 atom stereocenters. The Morgan fingerprint density at radius 3 is 2.95 bits per heavy atom. The molecule has 1 aliphatic heterocycles. The Morgan fingerprint density at radius 1 is 1.38 bits per heavy atom. The van der Waals surface area contributed by atoms with Gasteiger partial charge in [0.15, 0.2) is 5.75 Å². The number of amides is 2. The number of carbonyl (C=O) groups excluding carboxylic acids is 2. The fraction of sp³-hybridized carbons (Fsp3) is 0.0714. The summed E-state index contributed by atoms with van der Waals surface area (Å²) in [6.07, 6.45) is 1.52. The smallest absolute Gasteiger partial charge is 0.264 e. The zero-order chi connectivity index (χ0) is 15.0. The highest BCUT2D eigenvalue weighted by atomic mass is 35.5. The van der Waals surface area contributed by atoms with Crippen LogP contribution in [0.3, 0.4) is 0 Å². The fourth-order valence-electron chi connectivity index (χ4n) is 2.09. The molecule has 1 aliphatic rings. The van der Waals surface area contributed by atoms with Crippen LogP contribution in [-0.4, -0.2) is 23.3 Å². The van der Waals surface area contributed by atoms with Gasteiger partial charge < -0.3 is 10.5 Å². The maximum atomic E-state index is 12.6. The normalized spacial score (nSPS) is 13.0. The number of carbonyl (C=O) groups is 2. The van der Waals surface area contributed by atoms with E-state index in [9.17, 15) is 9.59 Å². The van der Waals surface area contributed by atoms with E-state index >= 15 is 0 Å². The van der Waals surface area contributed by atoms with Gasteiger partial charge in [0.1, 0.15) is 12.1 Å². The number of rotatable bonds is 2. The van der Waals surface area contributed by atoms with Crippen molar-refractivity contribution in [1.82, 2.24) is 4.98 Å². The Morgan fingerprint density at radius 2 is 2.19 bits per heavy atom. The van der Waals surface area contributed by atoms with Crippen molar-refractivity contribution in [2.24, 2.45) is 5.73 Å². The van der Waals surface area contributed by atoms with E-state index in [1.165, 1.54) is 11.1 Å². The summed E-state index contributed by atoms with van der Waals surface area (Å²) in [6.45, 7) is -0.274. The third-order valence-electron chi connectivity index (χ3n) is 2.98. The lowest BCUT2D eigenvalue weighted by atomic mass is 10.2. The van der Waals surface area contributed by atoms with Crippen LogP contribution in [0.4, 0.5) is 5.69 Å². The van der Waals surface area contributed by atoms with Gasteiger partial charge in [-0.05, 0) is 30.3 Å². The first-order valence-corrected chi connectivity index (χ1v) is 6.46. The van der Waals surface area contributed by atoms with Crippen molar-refractivity contribution >= 4 is 29.1 Å². The molecule has 0 unspecified atom stereocenters. The maximum absolute atomic E-state index is 12.6. The lowest BCUT2D eigenvalue weighted by Crippen LogP contribution is -2.38. The molecule has 0 radical (unpaired) electrons. The van der Waals surface area contributed by atoms with Crippen molar-refractivity contribution in [3.63, 3.8) is 0 Å². The molecule has 1 aromatic heterocycles. The number of primary amides is 1. The summed E-state index contributed by atoms with van der Waals surface area (Å²) in [5, 5.41) is 0.415. The second kappa shape index (κ2) is 5.06. The molecule has 3 rings (SSSR count). The maximum Gasteiger partial charge on any atom is 0.264 e. The minimum absolute atomic E-state index is 0.179. The Labute approximate surface area is 125 Å². The van der Waals surface area contributed by atoms with Crippen LogP contribution in [0, 0.1) is 0 Å². The van der Waals surface area contributed by atoms with Crippen LogP contribution in [0.2, 0.25) is 5.02 Å². The third kappa shape index (κ3) is 2.41. The lowest BCUT2D eigenvalue weighted by molar-refractivity contribution is -0.116. The van der Waals surface area contributed by atoms with Gasteiger partial charge in [0.2, 0.25) is 11.8 Å². The molecule has 0 aliphatic carbocycles. The zero-order valence-corrected chi connectivity index (χ0v) is 11.5. The van der Waals surface area contributed by atoms with Crippen molar-refractivity contribution in [2.45, 2.75) is 0 Å². The highest BCUT2D eigenvalue weighted by Crippen LogP contribution is 2.39. The zero-order valence-electron chi connectivity index (χ0n) is 10.7. The third-order valence-corrected chi connectivity index (χ3v) is 3.21. The number of fused-ring (bicyclic) bond motifs is 2. The molecule has 0 bridgehead atoms. The number of ether oxygens (including phenoxy) is 1. The number of aromatic nitrogens is 1. The summed E-state index contributed by atoms with van der Waals surface area (Å²) >= 11 is 5.97. The largest absolute Gasteiger partial charge is 0.436 e. The molecule has 0 saturated heterocycles. The average molecular weight is 304 g/mol. The summed E-state index contributed by atoms with van der Waals surface area (Å²) in [4.78, 5) is 29.2. The highest BCUT2D eigenvalue weighted by molar-refractivity contribution is 6.31. The Balaban J connectivity index is 2.21. The number of hydrogen-bond acceptors (Lipinski definition) is 4. The van der Waals surface area contributed by atoms with Crippen LogP contribution >= 0.6 is 11.6 Å². The van der Waals surface area contributed by atoms with E-state index in [1.807, 2.05) is 0 Å². The predicted octanol–water partition coefficient (Wildman–Crippen LogP) is 1.97. The van der Waals surface area contributed by atoms with E-state index in [0.717, 1.165) is 0 Å². The quantitative estimate of drug-likeness (QED) is 0.919. The molecule has 0 saturated carbocycles. The van der Waals surface area contributed by atoms with Crippen molar-refractivity contribution in [3.05, 3.63) is 47.1 Å². The first kappa shape index (κ1) is 13.4. The first-order valence-electron chi connectivity index (χ1n) is 6.09. The lowest BCUT2D eigenvalue weighted by Gasteiger charge is -2.20. The van der Waals surface area contributed by atoms with E-state index in [-0.39, 0.29) is 18.0 Å². The fourth-order valence-corrected chi connectivity index (χ4v) is 2.26. The Kier molecular flexibility index (Phi) is 3.23. The van der Waals surface area contributed by atoms with Crippen LogP contribution in [-0.2, 0) is 4.79 Å². The van der Waals surface area contributed by atoms with Gasteiger partial charge in [-0.2, -0.15) is 0 Å². The number of nitrogens with zero attached hydrogens (tertiary/aromatic N) is 2. The first-order chi connectivity index (χ1) is 10.1. The van der Waals surface area contributed by atoms with E-state index in [0.29, 0.717) is 16.5 Å². The van der Waals surface area contributed by atoms with E-state index in [4.69, 9.17) is 22.1 Å². The minimum atomic E-state index is -0.637. The molecule has 106 valence electrons. The number of halogens is 1. The van der Waals surface area contributed by atoms with Gasteiger partial charge in [-0.25, -0.2) is 4.98 Å². The van der Waals surface area contributed by atoms with Crippen LogP contribution < -0.4 is 15.4 Å². The molecule has 2 heterocycles. The SMILES string of the molecule is NC(=O)CN1C(=O)c2cccnc2Oc2ccc(Cl)cc21. The topological polar surface area (TPSA) is 85.5 Å². The van der Waals surface area contributed by atoms with Gasteiger partial charge in [0.05, 0.1) is 5.69 Å². The number of benzene rings is 1. The number of nitrogens with two attached hydrogens (primary N) is 1. The standard InChI is InChI=1S/C14H10ClN3O3/c15-8-3-4-11-10(6-8)18(7-12(16)19)14(20)9-2-1-5-17-13(9)21-11/h1-6H,7H2,(H2,16,19). The highest BCUT2D eigenvalue weighted by Gasteiger charge is 2.29. The molecule has 6 nitrogen and oxygen atoms in total. The number of pyridine rings is 1. The molecule has 7 heteroatoms. The van der Waals surface area contributed by atoms with Crippen molar-refractivity contribution in [1.29, 1.82) is 0 Å². The summed E-state index contributed by atoms with van der Waals surface area (Å²) < 4.78 is 5.66. The molecule has 0 fully saturated rings. The van der Waals surface area contributed by atoms with Gasteiger partial charge in [0.25, 0.3) is 5.91 Å². The molecule has 21 heavy (non-hydrogen) atoms. The number of anilines is 1. The average Bonchev–Trinajstić information content (AvgIpc) is 2.56. The van der Waals surface area contributed by atoms with Crippen molar-refractivity contribution in [2.75, 3.05) is 11.4 Å². The second-order valence-corrected chi connectivity index (χ2v) is 4.86. The molecule has 2 aromatic rings. The van der Waals surface area contributed by atoms with Crippen LogP contribution in [0.15, 0.2) is 36.5 Å². The van der Waals surface area contributed by atoms with Gasteiger partial charge in [-0.3, -0.25) is 14.5 Å². The van der Waals surface area contributed by atoms with E-state index in [2.05, 4.69) is 4.98 Å². The molecule has 2 amide bonds. The van der Waals surface area contributed by atoms with Gasteiger partial charge in [-0.15, -0.1) is 0 Å². The predicted molar refractivity (Wildman–Crippen MR) is 76.6 cm³/mol. The van der Waals surface area contributed by atoms with Crippen LogP contribution in [0.5, 0.6) is 11.6 Å². The van der Waals surface area contributed by atoms with Crippen LogP contribution in [0.1, 0.15) is 10.4 Å². The van der Waals surface area contributed by atoms with Gasteiger partial charge in [0, 0.05) is 11.2 Å². The Hall–Kier alpha value is -2.60. The van der Waals surface area contributed by atoms with Crippen molar-refractivity contribution in [3.8, 4) is 11.6 Å². The summed E-state index contributed by atoms with van der Waals surface area (Å²) in [6, 6.07) is 7.98. The molecule has 2 N–H and O–H groups in total. The molecule has 0 spiro atoms. The Bertz CT molecular complexity index is 748. The van der Waals surface area contributed by atoms with E-state index in [1.54, 1.807) is 30.3 Å². The minimum Gasteiger partial charge on any atom is -0.436 e. The van der Waals surface area contributed by atoms with E-state index < -0.39 is 11.8 Å². The molecular weight excluding hydrogens is 294 g/mol. The molecular formula is C14H10ClN3O3.